The van der Waals surface area contributed by atoms with Crippen molar-refractivity contribution in [1.82, 2.24) is 5.32 Å². The average molecular weight is 241 g/mol. The number of unbranched alkanes of at least 4 members (excludes halogenated alkanes) is 1. The molecule has 0 radical (unpaired) electrons. The van der Waals surface area contributed by atoms with Crippen molar-refractivity contribution in [2.75, 3.05) is 6.54 Å². The second-order valence-electron chi connectivity index (χ2n) is 3.86. The molecule has 0 fully saturated rings. The Balaban J connectivity index is 3.34. The maximum absolute atomic E-state index is 11.8. The van der Waals surface area contributed by atoms with Gasteiger partial charge in [-0.15, -0.1) is 0 Å². The molecule has 2 N–H and O–H groups in total. The van der Waals surface area contributed by atoms with E-state index in [1.807, 2.05) is 6.92 Å². The lowest BCUT2D eigenvalue weighted by Crippen LogP contribution is -2.27. The summed E-state index contributed by atoms with van der Waals surface area (Å²) >= 11 is 0. The lowest BCUT2D eigenvalue weighted by molar-refractivity contribution is -0.137. The van der Waals surface area contributed by atoms with Crippen LogP contribution in [0.2, 0.25) is 0 Å². The molecule has 0 spiro atoms. The first-order chi connectivity index (χ1) is 7.31. The van der Waals surface area contributed by atoms with Gasteiger partial charge < -0.3 is 10.4 Å². The number of rotatable bonds is 8. The Morgan fingerprint density at radius 1 is 1.38 bits per heavy atom. The Morgan fingerprint density at radius 2 is 2.00 bits per heavy atom. The maximum Gasteiger partial charge on any atom is 0.389 e. The lowest BCUT2D eigenvalue weighted by Gasteiger charge is -2.12. The highest BCUT2D eigenvalue weighted by atomic mass is 19.4. The molecule has 1 atom stereocenters. The second kappa shape index (κ2) is 7.49. The van der Waals surface area contributed by atoms with Crippen LogP contribution in [0.3, 0.4) is 0 Å². The highest BCUT2D eigenvalue weighted by Gasteiger charge is 2.25. The molecule has 16 heavy (non-hydrogen) atoms. The summed E-state index contributed by atoms with van der Waals surface area (Å²) in [5.74, 6) is -0.856. The van der Waals surface area contributed by atoms with Gasteiger partial charge in [0.05, 0.1) is 0 Å². The molecule has 0 amide bonds. The Labute approximate surface area is 93.0 Å². The van der Waals surface area contributed by atoms with Crippen LogP contribution < -0.4 is 5.32 Å². The maximum atomic E-state index is 11.8. The van der Waals surface area contributed by atoms with E-state index in [-0.39, 0.29) is 18.9 Å². The smallest absolute Gasteiger partial charge is 0.389 e. The predicted molar refractivity (Wildman–Crippen MR) is 54.2 cm³/mol. The number of halogens is 3. The summed E-state index contributed by atoms with van der Waals surface area (Å²) in [6, 6.07) is 0.0296. The van der Waals surface area contributed by atoms with Crippen LogP contribution in [0, 0.1) is 0 Å². The van der Waals surface area contributed by atoms with E-state index in [0.29, 0.717) is 19.4 Å². The van der Waals surface area contributed by atoms with E-state index >= 15 is 0 Å². The molecule has 1 unspecified atom stereocenters. The number of hydrogen-bond donors (Lipinski definition) is 2. The van der Waals surface area contributed by atoms with Gasteiger partial charge in [0.15, 0.2) is 0 Å². The summed E-state index contributed by atoms with van der Waals surface area (Å²) in [6.07, 6.45) is -3.68. The van der Waals surface area contributed by atoms with Crippen LogP contribution in [0.25, 0.3) is 0 Å². The van der Waals surface area contributed by atoms with E-state index in [0.717, 1.165) is 0 Å². The molecule has 0 aliphatic rings. The minimum Gasteiger partial charge on any atom is -0.481 e. The number of carbonyl (C=O) groups is 1. The zero-order valence-electron chi connectivity index (χ0n) is 9.31. The number of nitrogens with one attached hydrogen (secondary N) is 1. The van der Waals surface area contributed by atoms with Gasteiger partial charge in [-0.1, -0.05) is 0 Å². The molecule has 0 rings (SSSR count). The molecule has 3 nitrogen and oxygen atoms in total. The Hall–Kier alpha value is -0.780. The van der Waals surface area contributed by atoms with Gasteiger partial charge in [0.25, 0.3) is 0 Å². The second-order valence-corrected chi connectivity index (χ2v) is 3.86. The molecule has 96 valence electrons. The van der Waals surface area contributed by atoms with Crippen molar-refractivity contribution >= 4 is 5.97 Å². The highest BCUT2D eigenvalue weighted by Crippen LogP contribution is 2.21. The van der Waals surface area contributed by atoms with Crippen LogP contribution in [0.15, 0.2) is 0 Å². The number of aliphatic carboxylic acids is 1. The van der Waals surface area contributed by atoms with Crippen LogP contribution >= 0.6 is 0 Å². The molecule has 0 aromatic carbocycles. The monoisotopic (exact) mass is 241 g/mol. The van der Waals surface area contributed by atoms with E-state index in [1.54, 1.807) is 0 Å². The Bertz CT molecular complexity index is 207. The fourth-order valence-corrected chi connectivity index (χ4v) is 1.24. The SMILES string of the molecule is CC(CCC(=O)O)NCCCCC(F)(F)F. The third kappa shape index (κ3) is 11.3. The van der Waals surface area contributed by atoms with Gasteiger partial charge in [0.1, 0.15) is 0 Å². The Kier molecular flexibility index (Phi) is 7.12. The van der Waals surface area contributed by atoms with Crippen molar-refractivity contribution in [3.05, 3.63) is 0 Å². The van der Waals surface area contributed by atoms with Gasteiger partial charge >= 0.3 is 12.1 Å². The Morgan fingerprint density at radius 3 is 2.50 bits per heavy atom. The third-order valence-electron chi connectivity index (χ3n) is 2.17. The van der Waals surface area contributed by atoms with Crippen LogP contribution in [0.5, 0.6) is 0 Å². The number of carboxylic acid groups (broad SMARTS) is 1. The van der Waals surface area contributed by atoms with Gasteiger partial charge in [0, 0.05) is 18.9 Å². The molecule has 0 aliphatic carbocycles. The molecule has 0 aromatic heterocycles. The van der Waals surface area contributed by atoms with E-state index < -0.39 is 18.6 Å². The van der Waals surface area contributed by atoms with Crippen molar-refractivity contribution < 1.29 is 23.1 Å². The van der Waals surface area contributed by atoms with Gasteiger partial charge in [-0.2, -0.15) is 13.2 Å². The molecule has 0 saturated heterocycles. The molecule has 0 saturated carbocycles. The summed E-state index contributed by atoms with van der Waals surface area (Å²) in [7, 11) is 0. The first kappa shape index (κ1) is 15.2. The average Bonchev–Trinajstić information content (AvgIpc) is 2.12. The normalized spacial score (nSPS) is 13.8. The van der Waals surface area contributed by atoms with Crippen molar-refractivity contribution in [2.24, 2.45) is 0 Å². The first-order valence-corrected chi connectivity index (χ1v) is 5.33. The highest BCUT2D eigenvalue weighted by molar-refractivity contribution is 5.66. The molecule has 6 heteroatoms. The van der Waals surface area contributed by atoms with Crippen LogP contribution in [-0.2, 0) is 4.79 Å². The van der Waals surface area contributed by atoms with Gasteiger partial charge in [-0.05, 0) is 32.7 Å². The quantitative estimate of drug-likeness (QED) is 0.642. The summed E-state index contributed by atoms with van der Waals surface area (Å²) in [5.41, 5.74) is 0. The van der Waals surface area contributed by atoms with Crippen molar-refractivity contribution in [2.45, 2.75) is 51.2 Å². The van der Waals surface area contributed by atoms with Crippen LogP contribution in [-0.4, -0.2) is 29.8 Å². The van der Waals surface area contributed by atoms with E-state index in [2.05, 4.69) is 5.32 Å². The summed E-state index contributed by atoms with van der Waals surface area (Å²) in [6.45, 7) is 2.32. The number of alkyl halides is 3. The largest absolute Gasteiger partial charge is 0.481 e. The van der Waals surface area contributed by atoms with E-state index in [9.17, 15) is 18.0 Å². The van der Waals surface area contributed by atoms with Crippen LogP contribution in [0.1, 0.15) is 39.0 Å². The zero-order chi connectivity index (χ0) is 12.6. The molecular formula is C10H18F3NO2. The number of carboxylic acids is 1. The third-order valence-corrected chi connectivity index (χ3v) is 2.17. The predicted octanol–water partition coefficient (Wildman–Crippen LogP) is 2.56. The number of hydrogen-bond acceptors (Lipinski definition) is 2. The lowest BCUT2D eigenvalue weighted by atomic mass is 10.1. The van der Waals surface area contributed by atoms with Crippen molar-refractivity contribution in [1.29, 1.82) is 0 Å². The molecular weight excluding hydrogens is 223 g/mol. The zero-order valence-corrected chi connectivity index (χ0v) is 9.31. The van der Waals surface area contributed by atoms with Crippen molar-refractivity contribution in [3.8, 4) is 0 Å². The minimum atomic E-state index is -4.07. The van der Waals surface area contributed by atoms with Gasteiger partial charge in [-0.3, -0.25) is 4.79 Å². The van der Waals surface area contributed by atoms with E-state index in [1.165, 1.54) is 0 Å². The van der Waals surface area contributed by atoms with Gasteiger partial charge in [0.2, 0.25) is 0 Å². The van der Waals surface area contributed by atoms with Gasteiger partial charge in [-0.25, -0.2) is 0 Å². The fraction of sp³-hybridized carbons (Fsp3) is 0.900. The first-order valence-electron chi connectivity index (χ1n) is 5.33. The minimum absolute atomic E-state index is 0.0296. The molecule has 0 heterocycles. The topological polar surface area (TPSA) is 49.3 Å². The van der Waals surface area contributed by atoms with Crippen molar-refractivity contribution in [3.63, 3.8) is 0 Å². The summed E-state index contributed by atoms with van der Waals surface area (Å²) in [5, 5.41) is 11.4. The summed E-state index contributed by atoms with van der Waals surface area (Å²) in [4.78, 5) is 10.2. The van der Waals surface area contributed by atoms with Crippen LogP contribution in [0.4, 0.5) is 13.2 Å². The standard InChI is InChI=1S/C10H18F3NO2/c1-8(4-5-9(15)16)14-7-3-2-6-10(11,12)13/h8,14H,2-7H2,1H3,(H,15,16). The summed E-state index contributed by atoms with van der Waals surface area (Å²) < 4.78 is 35.3. The van der Waals surface area contributed by atoms with E-state index in [4.69, 9.17) is 5.11 Å². The fourth-order valence-electron chi connectivity index (χ4n) is 1.24. The molecule has 0 aliphatic heterocycles. The molecule has 0 aromatic rings. The molecule has 0 bridgehead atoms.